The van der Waals surface area contributed by atoms with Crippen LogP contribution in [0.15, 0.2) is 24.3 Å². The molecular formula is C14H23NOS. The van der Waals surface area contributed by atoms with Gasteiger partial charge in [0.05, 0.1) is 6.61 Å². The summed E-state index contributed by atoms with van der Waals surface area (Å²) in [5, 5.41) is 0. The smallest absolute Gasteiger partial charge is 0.119 e. The first-order valence-electron chi connectivity index (χ1n) is 6.27. The van der Waals surface area contributed by atoms with Gasteiger partial charge in [0.1, 0.15) is 5.75 Å². The molecule has 96 valence electrons. The van der Waals surface area contributed by atoms with E-state index in [2.05, 4.69) is 19.1 Å². The van der Waals surface area contributed by atoms with E-state index in [1.54, 1.807) is 0 Å². The van der Waals surface area contributed by atoms with Gasteiger partial charge in [-0.05, 0) is 43.2 Å². The molecule has 0 aromatic heterocycles. The fraction of sp³-hybridized carbons (Fsp3) is 0.571. The second-order valence-corrected chi connectivity index (χ2v) is 5.60. The topological polar surface area (TPSA) is 35.2 Å². The molecular weight excluding hydrogens is 230 g/mol. The predicted octanol–water partition coefficient (Wildman–Crippen LogP) is 3.10. The predicted molar refractivity (Wildman–Crippen MR) is 76.9 cm³/mol. The molecule has 0 fully saturated rings. The molecule has 0 saturated carbocycles. The number of hydrogen-bond donors (Lipinski definition) is 1. The van der Waals surface area contributed by atoms with E-state index in [0.29, 0.717) is 0 Å². The van der Waals surface area contributed by atoms with Crippen LogP contribution in [0.5, 0.6) is 5.75 Å². The SMILES string of the molecule is CCSCCOc1ccc(CCC(C)N)cc1. The average Bonchev–Trinajstić information content (AvgIpc) is 2.33. The lowest BCUT2D eigenvalue weighted by Gasteiger charge is -2.08. The van der Waals surface area contributed by atoms with Crippen molar-refractivity contribution in [1.29, 1.82) is 0 Å². The number of hydrogen-bond acceptors (Lipinski definition) is 3. The van der Waals surface area contributed by atoms with Crippen LogP contribution in [-0.2, 0) is 6.42 Å². The molecule has 17 heavy (non-hydrogen) atoms. The third kappa shape index (κ3) is 6.59. The van der Waals surface area contributed by atoms with E-state index in [4.69, 9.17) is 10.5 Å². The van der Waals surface area contributed by atoms with Crippen LogP contribution in [0.2, 0.25) is 0 Å². The van der Waals surface area contributed by atoms with Crippen LogP contribution in [-0.4, -0.2) is 24.2 Å². The zero-order chi connectivity index (χ0) is 12.5. The van der Waals surface area contributed by atoms with Crippen LogP contribution in [0.3, 0.4) is 0 Å². The highest BCUT2D eigenvalue weighted by molar-refractivity contribution is 7.99. The highest BCUT2D eigenvalue weighted by atomic mass is 32.2. The Kier molecular flexibility index (Phi) is 7.13. The summed E-state index contributed by atoms with van der Waals surface area (Å²) in [6, 6.07) is 8.63. The lowest BCUT2D eigenvalue weighted by atomic mass is 10.1. The summed E-state index contributed by atoms with van der Waals surface area (Å²) >= 11 is 1.90. The van der Waals surface area contributed by atoms with Crippen molar-refractivity contribution >= 4 is 11.8 Å². The first-order valence-corrected chi connectivity index (χ1v) is 7.43. The maximum atomic E-state index is 5.74. The molecule has 0 aliphatic carbocycles. The van der Waals surface area contributed by atoms with E-state index >= 15 is 0 Å². The molecule has 1 aromatic rings. The van der Waals surface area contributed by atoms with Crippen molar-refractivity contribution in [3.8, 4) is 5.75 Å². The number of thioether (sulfide) groups is 1. The zero-order valence-corrected chi connectivity index (χ0v) is 11.6. The van der Waals surface area contributed by atoms with Crippen molar-refractivity contribution in [2.75, 3.05) is 18.1 Å². The molecule has 0 radical (unpaired) electrons. The zero-order valence-electron chi connectivity index (χ0n) is 10.8. The van der Waals surface area contributed by atoms with Gasteiger partial charge >= 0.3 is 0 Å². The Morgan fingerprint density at radius 1 is 1.29 bits per heavy atom. The minimum atomic E-state index is 0.275. The highest BCUT2D eigenvalue weighted by Gasteiger charge is 1.98. The van der Waals surface area contributed by atoms with Gasteiger partial charge in [-0.15, -0.1) is 0 Å². The van der Waals surface area contributed by atoms with Crippen LogP contribution in [0.4, 0.5) is 0 Å². The van der Waals surface area contributed by atoms with E-state index in [9.17, 15) is 0 Å². The summed E-state index contributed by atoms with van der Waals surface area (Å²) in [6.07, 6.45) is 2.08. The van der Waals surface area contributed by atoms with Crippen LogP contribution >= 0.6 is 11.8 Å². The van der Waals surface area contributed by atoms with Gasteiger partial charge < -0.3 is 10.5 Å². The standard InChI is InChI=1S/C14H23NOS/c1-3-17-11-10-16-14-8-6-13(7-9-14)5-4-12(2)15/h6-9,12H,3-5,10-11,15H2,1-2H3. The normalized spacial score (nSPS) is 12.4. The quantitative estimate of drug-likeness (QED) is 0.723. The first kappa shape index (κ1) is 14.4. The summed E-state index contributed by atoms with van der Waals surface area (Å²) in [4.78, 5) is 0. The van der Waals surface area contributed by atoms with E-state index in [1.165, 1.54) is 5.56 Å². The molecule has 1 aromatic carbocycles. The van der Waals surface area contributed by atoms with Crippen molar-refractivity contribution < 1.29 is 4.74 Å². The van der Waals surface area contributed by atoms with Crippen LogP contribution in [0.1, 0.15) is 25.8 Å². The van der Waals surface area contributed by atoms with Crippen molar-refractivity contribution in [2.24, 2.45) is 5.73 Å². The fourth-order valence-electron chi connectivity index (χ4n) is 1.51. The van der Waals surface area contributed by atoms with Crippen LogP contribution in [0.25, 0.3) is 0 Å². The summed E-state index contributed by atoms with van der Waals surface area (Å²) < 4.78 is 5.64. The van der Waals surface area contributed by atoms with Crippen LogP contribution in [0, 0.1) is 0 Å². The van der Waals surface area contributed by atoms with Crippen molar-refractivity contribution in [1.82, 2.24) is 0 Å². The molecule has 0 heterocycles. The average molecular weight is 253 g/mol. The van der Waals surface area contributed by atoms with Gasteiger partial charge in [0.2, 0.25) is 0 Å². The second-order valence-electron chi connectivity index (χ2n) is 4.21. The monoisotopic (exact) mass is 253 g/mol. The van der Waals surface area contributed by atoms with Gasteiger partial charge in [-0.3, -0.25) is 0 Å². The molecule has 1 rings (SSSR count). The molecule has 0 amide bonds. The highest BCUT2D eigenvalue weighted by Crippen LogP contribution is 2.14. The number of nitrogens with two attached hydrogens (primary N) is 1. The van der Waals surface area contributed by atoms with Gasteiger partial charge in [-0.25, -0.2) is 0 Å². The van der Waals surface area contributed by atoms with Crippen molar-refractivity contribution in [2.45, 2.75) is 32.7 Å². The fourth-order valence-corrected chi connectivity index (χ4v) is 2.00. The van der Waals surface area contributed by atoms with E-state index in [1.807, 2.05) is 30.8 Å². The number of rotatable bonds is 8. The Labute approximate surface area is 109 Å². The van der Waals surface area contributed by atoms with Crippen molar-refractivity contribution in [3.63, 3.8) is 0 Å². The van der Waals surface area contributed by atoms with Gasteiger partial charge in [0.25, 0.3) is 0 Å². The minimum absolute atomic E-state index is 0.275. The number of aryl methyl sites for hydroxylation is 1. The molecule has 3 heteroatoms. The Morgan fingerprint density at radius 2 is 2.00 bits per heavy atom. The Bertz CT molecular complexity index is 298. The van der Waals surface area contributed by atoms with Gasteiger partial charge in [0.15, 0.2) is 0 Å². The molecule has 1 atom stereocenters. The molecule has 0 bridgehead atoms. The second kappa shape index (κ2) is 8.43. The number of ether oxygens (including phenoxy) is 1. The third-order valence-electron chi connectivity index (χ3n) is 2.51. The van der Waals surface area contributed by atoms with E-state index in [0.717, 1.165) is 36.7 Å². The van der Waals surface area contributed by atoms with Crippen molar-refractivity contribution in [3.05, 3.63) is 29.8 Å². The molecule has 0 spiro atoms. The first-order chi connectivity index (χ1) is 8.22. The maximum absolute atomic E-state index is 5.74. The maximum Gasteiger partial charge on any atom is 0.119 e. The third-order valence-corrected chi connectivity index (χ3v) is 3.38. The van der Waals surface area contributed by atoms with Gasteiger partial charge in [-0.1, -0.05) is 19.1 Å². The van der Waals surface area contributed by atoms with Gasteiger partial charge in [0, 0.05) is 11.8 Å². The largest absolute Gasteiger partial charge is 0.493 e. The summed E-state index contributed by atoms with van der Waals surface area (Å²) in [7, 11) is 0. The number of benzene rings is 1. The van der Waals surface area contributed by atoms with E-state index in [-0.39, 0.29) is 6.04 Å². The van der Waals surface area contributed by atoms with Crippen LogP contribution < -0.4 is 10.5 Å². The van der Waals surface area contributed by atoms with Gasteiger partial charge in [-0.2, -0.15) is 11.8 Å². The lowest BCUT2D eigenvalue weighted by Crippen LogP contribution is -2.15. The minimum Gasteiger partial charge on any atom is -0.493 e. The summed E-state index contributed by atoms with van der Waals surface area (Å²) in [5.74, 6) is 3.17. The Balaban J connectivity index is 2.29. The molecule has 0 aliphatic rings. The molecule has 0 aliphatic heterocycles. The molecule has 0 saturated heterocycles. The molecule has 2 nitrogen and oxygen atoms in total. The lowest BCUT2D eigenvalue weighted by molar-refractivity contribution is 0.344. The Morgan fingerprint density at radius 3 is 2.59 bits per heavy atom. The Hall–Kier alpha value is -0.670. The summed E-state index contributed by atoms with van der Waals surface area (Å²) in [5.41, 5.74) is 7.07. The molecule has 1 unspecified atom stereocenters. The molecule has 2 N–H and O–H groups in total. The summed E-state index contributed by atoms with van der Waals surface area (Å²) in [6.45, 7) is 5.00. The van der Waals surface area contributed by atoms with E-state index < -0.39 is 0 Å².